The van der Waals surface area contributed by atoms with Crippen LogP contribution in [0.25, 0.3) is 0 Å². The number of hydrogen-bond donors (Lipinski definition) is 3. The predicted molar refractivity (Wildman–Crippen MR) is 103 cm³/mol. The topological polar surface area (TPSA) is 70.6 Å². The number of nitrogens with one attached hydrogen (secondary N) is 2. The molecule has 0 heterocycles. The van der Waals surface area contributed by atoms with Gasteiger partial charge in [0.05, 0.1) is 18.4 Å². The van der Waals surface area contributed by atoms with Crippen LogP contribution < -0.4 is 15.4 Å². The molecule has 0 bridgehead atoms. The van der Waals surface area contributed by atoms with Gasteiger partial charge >= 0.3 is 0 Å². The van der Waals surface area contributed by atoms with E-state index in [-0.39, 0.29) is 16.8 Å². The largest absolute Gasteiger partial charge is 0.506 e. The summed E-state index contributed by atoms with van der Waals surface area (Å²) >= 11 is 5.19. The molecule has 0 saturated carbocycles. The average molecular weight is 358 g/mol. The Morgan fingerprint density at radius 1 is 1.28 bits per heavy atom. The van der Waals surface area contributed by atoms with Crippen molar-refractivity contribution in [3.8, 4) is 11.5 Å². The van der Waals surface area contributed by atoms with Crippen LogP contribution in [0.4, 0.5) is 5.69 Å². The van der Waals surface area contributed by atoms with Crippen LogP contribution in [0.5, 0.6) is 11.5 Å². The minimum atomic E-state index is -0.382. The van der Waals surface area contributed by atoms with Crippen LogP contribution in [0.3, 0.4) is 0 Å². The molecule has 0 spiro atoms. The van der Waals surface area contributed by atoms with Gasteiger partial charge in [-0.1, -0.05) is 32.0 Å². The number of para-hydroxylation sites is 1. The zero-order valence-electron chi connectivity index (χ0n) is 14.5. The molecule has 25 heavy (non-hydrogen) atoms. The summed E-state index contributed by atoms with van der Waals surface area (Å²) in [4.78, 5) is 12.4. The van der Waals surface area contributed by atoms with Crippen LogP contribution in [0.15, 0.2) is 42.5 Å². The lowest BCUT2D eigenvalue weighted by Crippen LogP contribution is -2.34. The molecular weight excluding hydrogens is 336 g/mol. The maximum atomic E-state index is 12.4. The van der Waals surface area contributed by atoms with Crippen molar-refractivity contribution in [1.29, 1.82) is 0 Å². The average Bonchev–Trinajstić information content (AvgIpc) is 2.62. The molecule has 132 valence electrons. The van der Waals surface area contributed by atoms with Crippen molar-refractivity contribution in [3.63, 3.8) is 0 Å². The molecule has 2 aromatic carbocycles. The first kappa shape index (κ1) is 18.7. The van der Waals surface area contributed by atoms with Gasteiger partial charge in [0.2, 0.25) is 0 Å². The second kappa shape index (κ2) is 8.48. The van der Waals surface area contributed by atoms with Gasteiger partial charge in [0, 0.05) is 0 Å². The van der Waals surface area contributed by atoms with E-state index >= 15 is 0 Å². The van der Waals surface area contributed by atoms with Crippen LogP contribution in [0.1, 0.15) is 42.1 Å². The zero-order chi connectivity index (χ0) is 18.4. The molecule has 0 unspecified atom stereocenters. The summed E-state index contributed by atoms with van der Waals surface area (Å²) in [6.45, 7) is 4.21. The van der Waals surface area contributed by atoms with Crippen molar-refractivity contribution >= 4 is 28.9 Å². The third kappa shape index (κ3) is 4.70. The third-order valence-corrected chi connectivity index (χ3v) is 4.23. The molecule has 0 aliphatic carbocycles. The van der Waals surface area contributed by atoms with Gasteiger partial charge < -0.3 is 15.2 Å². The van der Waals surface area contributed by atoms with E-state index in [0.717, 1.165) is 12.0 Å². The lowest BCUT2D eigenvalue weighted by Gasteiger charge is -2.15. The summed E-state index contributed by atoms with van der Waals surface area (Å²) in [6, 6.07) is 12.2. The van der Waals surface area contributed by atoms with Crippen LogP contribution in [-0.4, -0.2) is 23.2 Å². The lowest BCUT2D eigenvalue weighted by atomic mass is 9.98. The summed E-state index contributed by atoms with van der Waals surface area (Å²) < 4.78 is 5.18. The Morgan fingerprint density at radius 2 is 2.00 bits per heavy atom. The van der Waals surface area contributed by atoms with Gasteiger partial charge in [-0.25, -0.2) is 0 Å². The van der Waals surface area contributed by atoms with Crippen LogP contribution >= 0.6 is 12.2 Å². The molecule has 5 nitrogen and oxygen atoms in total. The first-order valence-electron chi connectivity index (χ1n) is 8.04. The van der Waals surface area contributed by atoms with Crippen molar-refractivity contribution in [1.82, 2.24) is 5.32 Å². The highest BCUT2D eigenvalue weighted by Crippen LogP contribution is 2.29. The quantitative estimate of drug-likeness (QED) is 0.556. The Hall–Kier alpha value is -2.60. The molecule has 2 aromatic rings. The number of ether oxygens (including phenoxy) is 1. The van der Waals surface area contributed by atoms with Gasteiger partial charge in [0.15, 0.2) is 5.11 Å². The molecule has 1 atom stereocenters. The van der Waals surface area contributed by atoms with E-state index in [9.17, 15) is 9.90 Å². The van der Waals surface area contributed by atoms with Crippen molar-refractivity contribution < 1.29 is 14.6 Å². The lowest BCUT2D eigenvalue weighted by molar-refractivity contribution is 0.0974. The highest BCUT2D eigenvalue weighted by Gasteiger charge is 2.14. The molecule has 6 heteroatoms. The number of anilines is 1. The van der Waals surface area contributed by atoms with Crippen molar-refractivity contribution in [3.05, 3.63) is 53.6 Å². The molecule has 0 aliphatic rings. The first-order chi connectivity index (χ1) is 12.0. The Labute approximate surface area is 153 Å². The van der Waals surface area contributed by atoms with E-state index < -0.39 is 0 Å². The molecule has 2 rings (SSSR count). The molecule has 0 aromatic heterocycles. The fourth-order valence-electron chi connectivity index (χ4n) is 2.35. The maximum absolute atomic E-state index is 12.4. The predicted octanol–water partition coefficient (Wildman–Crippen LogP) is 4.04. The molecule has 0 fully saturated rings. The number of methoxy groups -OCH3 is 1. The van der Waals surface area contributed by atoms with Crippen LogP contribution in [0.2, 0.25) is 0 Å². The number of phenolic OH excluding ortho intramolecular Hbond substituents is 1. The second-order valence-corrected chi connectivity index (χ2v) is 6.10. The summed E-state index contributed by atoms with van der Waals surface area (Å²) in [6.07, 6.45) is 0.985. The number of hydrogen-bond acceptors (Lipinski definition) is 4. The summed E-state index contributed by atoms with van der Waals surface area (Å²) in [5, 5.41) is 15.6. The van der Waals surface area contributed by atoms with Crippen LogP contribution in [0, 0.1) is 0 Å². The van der Waals surface area contributed by atoms with E-state index in [1.807, 2.05) is 12.1 Å². The minimum absolute atomic E-state index is 0.0703. The van der Waals surface area contributed by atoms with E-state index in [1.165, 1.54) is 7.11 Å². The number of rotatable bonds is 5. The molecule has 1 amide bonds. The van der Waals surface area contributed by atoms with Crippen molar-refractivity contribution in [2.24, 2.45) is 0 Å². The fourth-order valence-corrected chi connectivity index (χ4v) is 2.55. The Balaban J connectivity index is 2.11. The Morgan fingerprint density at radius 3 is 2.68 bits per heavy atom. The summed E-state index contributed by atoms with van der Waals surface area (Å²) in [5.74, 6) is 0.510. The SMILES string of the molecule is CC[C@@H](C)c1ccc(O)c(NC(=S)NC(=O)c2ccccc2OC)c1. The number of carbonyl (C=O) groups is 1. The number of thiocarbonyl (C=S) groups is 1. The molecule has 3 N–H and O–H groups in total. The maximum Gasteiger partial charge on any atom is 0.261 e. The zero-order valence-corrected chi connectivity index (χ0v) is 15.3. The molecule has 0 saturated heterocycles. The van der Waals surface area contributed by atoms with Gasteiger partial charge in [-0.2, -0.15) is 0 Å². The molecular formula is C19H22N2O3S. The van der Waals surface area contributed by atoms with Crippen molar-refractivity contribution in [2.45, 2.75) is 26.2 Å². The first-order valence-corrected chi connectivity index (χ1v) is 8.45. The number of phenols is 1. The van der Waals surface area contributed by atoms with Crippen molar-refractivity contribution in [2.75, 3.05) is 12.4 Å². The highest BCUT2D eigenvalue weighted by atomic mass is 32.1. The van der Waals surface area contributed by atoms with Gasteiger partial charge in [0.25, 0.3) is 5.91 Å². The summed E-state index contributed by atoms with van der Waals surface area (Å²) in [5.41, 5.74) is 1.93. The number of carbonyl (C=O) groups excluding carboxylic acids is 1. The Bertz CT molecular complexity index is 777. The standard InChI is InChI=1S/C19H22N2O3S/c1-4-12(2)13-9-10-16(22)15(11-13)20-19(25)21-18(23)14-7-5-6-8-17(14)24-3/h5-12,22H,4H2,1-3H3,(H2,20,21,23,25)/t12-/m1/s1. The van der Waals surface area contributed by atoms with E-state index in [4.69, 9.17) is 17.0 Å². The highest BCUT2D eigenvalue weighted by molar-refractivity contribution is 7.80. The van der Waals surface area contributed by atoms with Gasteiger partial charge in [-0.3, -0.25) is 10.1 Å². The smallest absolute Gasteiger partial charge is 0.261 e. The third-order valence-electron chi connectivity index (χ3n) is 4.03. The minimum Gasteiger partial charge on any atom is -0.506 e. The van der Waals surface area contributed by atoms with Crippen LogP contribution in [-0.2, 0) is 0 Å². The molecule has 0 aliphatic heterocycles. The summed E-state index contributed by atoms with van der Waals surface area (Å²) in [7, 11) is 1.50. The number of benzene rings is 2. The van der Waals surface area contributed by atoms with Gasteiger partial charge in [-0.05, 0) is 54.4 Å². The van der Waals surface area contributed by atoms with Gasteiger partial charge in [-0.15, -0.1) is 0 Å². The van der Waals surface area contributed by atoms with Gasteiger partial charge in [0.1, 0.15) is 11.5 Å². The van der Waals surface area contributed by atoms with E-state index in [0.29, 0.717) is 22.9 Å². The number of amides is 1. The molecule has 0 radical (unpaired) electrons. The normalized spacial score (nSPS) is 11.5. The monoisotopic (exact) mass is 358 g/mol. The second-order valence-electron chi connectivity index (χ2n) is 5.69. The Kier molecular flexibility index (Phi) is 6.36. The van der Waals surface area contributed by atoms with E-state index in [2.05, 4.69) is 24.5 Å². The number of aromatic hydroxyl groups is 1. The van der Waals surface area contributed by atoms with E-state index in [1.54, 1.807) is 30.3 Å². The fraction of sp³-hybridized carbons (Fsp3) is 0.263.